The molecule has 9 nitrogen and oxygen atoms in total. The van der Waals surface area contributed by atoms with Crippen molar-refractivity contribution in [2.24, 2.45) is 0 Å². The van der Waals surface area contributed by atoms with Gasteiger partial charge in [-0.2, -0.15) is 13.2 Å². The molecule has 0 saturated carbocycles. The van der Waals surface area contributed by atoms with Crippen molar-refractivity contribution in [1.29, 1.82) is 10.8 Å². The number of alkyl halides is 3. The number of methoxy groups -OCH3 is 1. The highest BCUT2D eigenvalue weighted by Crippen LogP contribution is 2.29. The van der Waals surface area contributed by atoms with Gasteiger partial charge >= 0.3 is 12.3 Å². The van der Waals surface area contributed by atoms with E-state index in [1.165, 1.54) is 7.11 Å². The summed E-state index contributed by atoms with van der Waals surface area (Å²) in [4.78, 5) is 27.9. The van der Waals surface area contributed by atoms with Crippen LogP contribution in [0.1, 0.15) is 62.0 Å². The van der Waals surface area contributed by atoms with E-state index < -0.39 is 24.8 Å². The van der Waals surface area contributed by atoms with Crippen LogP contribution in [0.3, 0.4) is 0 Å². The van der Waals surface area contributed by atoms with Gasteiger partial charge in [0.2, 0.25) is 0 Å². The number of amidine groups is 2. The number of likely N-dealkylation sites (tertiary alicyclic amines) is 1. The molecule has 3 rings (SSSR count). The molecule has 3 N–H and O–H groups in total. The monoisotopic (exact) mass is 577 g/mol. The topological polar surface area (TPSA) is 119 Å². The molecule has 2 heterocycles. The molecule has 1 unspecified atom stereocenters. The highest BCUT2D eigenvalue weighted by molar-refractivity contribution is 6.07. The number of halogens is 3. The van der Waals surface area contributed by atoms with Gasteiger partial charge in [-0.25, -0.2) is 4.79 Å². The number of nitrogens with zero attached hydrogens (tertiary/aromatic N) is 2. The second-order valence-corrected chi connectivity index (χ2v) is 9.40. The van der Waals surface area contributed by atoms with E-state index >= 15 is 0 Å². The molecule has 0 bridgehead atoms. The van der Waals surface area contributed by atoms with Gasteiger partial charge < -0.3 is 24.6 Å². The van der Waals surface area contributed by atoms with Crippen LogP contribution in [0.25, 0.3) is 0 Å². The molecular weight excluding hydrogens is 539 g/mol. The Morgan fingerprint density at radius 3 is 2.49 bits per heavy atom. The van der Waals surface area contributed by atoms with Crippen LogP contribution in [0, 0.1) is 10.8 Å². The Morgan fingerprint density at radius 1 is 1.22 bits per heavy atom. The molecule has 1 aromatic carbocycles. The molecule has 1 saturated heterocycles. The zero-order valence-corrected chi connectivity index (χ0v) is 24.1. The lowest BCUT2D eigenvalue weighted by Crippen LogP contribution is -2.38. The van der Waals surface area contributed by atoms with E-state index in [2.05, 4.69) is 16.6 Å². The summed E-state index contributed by atoms with van der Waals surface area (Å²) in [6.07, 6.45) is 1.05. The Labute approximate surface area is 238 Å². The van der Waals surface area contributed by atoms with Gasteiger partial charge in [0.25, 0.3) is 5.91 Å². The van der Waals surface area contributed by atoms with Gasteiger partial charge in [-0.05, 0) is 61.6 Å². The SMILES string of the molecule is C=C(/C=C\C=C(/C)C(=N)N1C(=N)CCC1C)NC(=O)c1cc2c(cc1OC)CCN(C(=O)OCC(F)(F)F)C2.CC. The molecule has 41 heavy (non-hydrogen) atoms. The van der Waals surface area contributed by atoms with E-state index in [4.69, 9.17) is 15.6 Å². The van der Waals surface area contributed by atoms with E-state index in [0.29, 0.717) is 35.6 Å². The first-order chi connectivity index (χ1) is 19.3. The second kappa shape index (κ2) is 14.5. The van der Waals surface area contributed by atoms with Gasteiger partial charge in [0.15, 0.2) is 6.61 Å². The molecule has 0 aliphatic carbocycles. The lowest BCUT2D eigenvalue weighted by atomic mass is 9.96. The van der Waals surface area contributed by atoms with Crippen molar-refractivity contribution >= 4 is 23.7 Å². The molecule has 224 valence electrons. The van der Waals surface area contributed by atoms with Crippen LogP contribution in [0.4, 0.5) is 18.0 Å². The van der Waals surface area contributed by atoms with Crippen LogP contribution in [0.2, 0.25) is 0 Å². The molecule has 2 amide bonds. The van der Waals surface area contributed by atoms with Crippen molar-refractivity contribution in [2.75, 3.05) is 20.3 Å². The standard InChI is InChI=1S/C27H32F3N5O4.C2H6/c1-16(24(32)35-18(3)8-9-23(35)31)6-5-7-17(2)33-25(36)21-12-20-14-34(26(37)39-15-27(28,29)30)11-10-19(20)13-22(21)38-4;1-2/h5-7,12-13,18,31-32H,2,8-11,14-15H2,1,3-4H3,(H,33,36);1-2H3/b7-5-,16-6+,31-23?,32-24?;. The van der Waals surface area contributed by atoms with Gasteiger partial charge in [0.05, 0.1) is 12.7 Å². The highest BCUT2D eigenvalue weighted by atomic mass is 19.4. The number of rotatable bonds is 7. The second-order valence-electron chi connectivity index (χ2n) is 9.40. The highest BCUT2D eigenvalue weighted by Gasteiger charge is 2.32. The summed E-state index contributed by atoms with van der Waals surface area (Å²) >= 11 is 0. The lowest BCUT2D eigenvalue weighted by Gasteiger charge is -2.29. The van der Waals surface area contributed by atoms with Crippen molar-refractivity contribution < 1.29 is 32.2 Å². The number of nitrogens with one attached hydrogen (secondary N) is 3. The van der Waals surface area contributed by atoms with Gasteiger partial charge in [-0.15, -0.1) is 0 Å². The average molecular weight is 578 g/mol. The molecule has 1 atom stereocenters. The van der Waals surface area contributed by atoms with E-state index in [-0.39, 0.29) is 36.2 Å². The summed E-state index contributed by atoms with van der Waals surface area (Å²) in [5.74, 6) is 0.456. The minimum absolute atomic E-state index is 0.0136. The first kappa shape index (κ1) is 33.1. The number of hydrogen-bond acceptors (Lipinski definition) is 6. The molecule has 12 heteroatoms. The van der Waals surface area contributed by atoms with Gasteiger partial charge in [0, 0.05) is 31.2 Å². The summed E-state index contributed by atoms with van der Waals surface area (Å²) < 4.78 is 47.0. The summed E-state index contributed by atoms with van der Waals surface area (Å²) in [5, 5.41) is 19.1. The molecule has 1 fully saturated rings. The van der Waals surface area contributed by atoms with E-state index in [1.54, 1.807) is 42.2 Å². The summed E-state index contributed by atoms with van der Waals surface area (Å²) in [7, 11) is 1.42. The zero-order valence-electron chi connectivity index (χ0n) is 24.1. The molecule has 0 radical (unpaired) electrons. The van der Waals surface area contributed by atoms with Gasteiger partial charge in [-0.3, -0.25) is 15.6 Å². The number of benzene rings is 1. The van der Waals surface area contributed by atoms with E-state index in [9.17, 15) is 22.8 Å². The third kappa shape index (κ3) is 8.95. The van der Waals surface area contributed by atoms with Crippen molar-refractivity contribution in [3.63, 3.8) is 0 Å². The average Bonchev–Trinajstić information content (AvgIpc) is 3.27. The molecule has 1 aromatic rings. The summed E-state index contributed by atoms with van der Waals surface area (Å²) in [6.45, 7) is 10.1. The Balaban J connectivity index is 0.00000287. The van der Waals surface area contributed by atoms with Crippen LogP contribution in [-0.2, 0) is 17.7 Å². The van der Waals surface area contributed by atoms with Crippen molar-refractivity contribution in [1.82, 2.24) is 15.1 Å². The van der Waals surface area contributed by atoms with Crippen LogP contribution in [0.5, 0.6) is 5.75 Å². The molecule has 2 aliphatic heterocycles. The number of carbonyl (C=O) groups excluding carboxylic acids is 2. The summed E-state index contributed by atoms with van der Waals surface area (Å²) in [5.41, 5.74) is 2.50. The number of hydrogen-bond donors (Lipinski definition) is 3. The smallest absolute Gasteiger partial charge is 0.422 e. The number of allylic oxidation sites excluding steroid dienone is 3. The van der Waals surface area contributed by atoms with E-state index in [0.717, 1.165) is 16.9 Å². The van der Waals surface area contributed by atoms with Crippen LogP contribution in [-0.4, -0.2) is 66.0 Å². The van der Waals surface area contributed by atoms with Crippen LogP contribution < -0.4 is 10.1 Å². The zero-order chi connectivity index (χ0) is 30.9. The lowest BCUT2D eigenvalue weighted by molar-refractivity contribution is -0.162. The third-order valence-electron chi connectivity index (χ3n) is 6.46. The van der Waals surface area contributed by atoms with Gasteiger partial charge in [-0.1, -0.05) is 32.6 Å². The quantitative estimate of drug-likeness (QED) is 0.210. The predicted octanol–water partition coefficient (Wildman–Crippen LogP) is 5.96. The minimum atomic E-state index is -4.62. The maximum Gasteiger partial charge on any atom is 0.422 e. The Hall–Kier alpha value is -4.09. The Bertz CT molecular complexity index is 1240. The predicted molar refractivity (Wildman–Crippen MR) is 151 cm³/mol. The van der Waals surface area contributed by atoms with Crippen LogP contribution in [0.15, 0.2) is 48.2 Å². The normalized spacial score (nSPS) is 17.0. The van der Waals surface area contributed by atoms with Crippen LogP contribution >= 0.6 is 0 Å². The maximum absolute atomic E-state index is 13.0. The molecule has 0 spiro atoms. The van der Waals surface area contributed by atoms with Crippen molar-refractivity contribution in [3.8, 4) is 5.75 Å². The molecule has 0 aromatic heterocycles. The fourth-order valence-corrected chi connectivity index (χ4v) is 4.37. The Kier molecular flexibility index (Phi) is 11.7. The van der Waals surface area contributed by atoms with Gasteiger partial charge in [0.1, 0.15) is 17.4 Å². The number of ether oxygens (including phenoxy) is 2. The maximum atomic E-state index is 13.0. The molecular formula is C29H38F3N5O4. The van der Waals surface area contributed by atoms with Crippen molar-refractivity contribution in [2.45, 2.75) is 65.7 Å². The number of fused-ring (bicyclic) bond motifs is 1. The first-order valence-electron chi connectivity index (χ1n) is 13.3. The number of amides is 2. The number of carbonyl (C=O) groups is 2. The Morgan fingerprint density at radius 2 is 1.90 bits per heavy atom. The fraction of sp³-hybridized carbons (Fsp3) is 0.448. The minimum Gasteiger partial charge on any atom is -0.496 e. The third-order valence-corrected chi connectivity index (χ3v) is 6.46. The fourth-order valence-electron chi connectivity index (χ4n) is 4.37. The largest absolute Gasteiger partial charge is 0.496 e. The van der Waals surface area contributed by atoms with Crippen molar-refractivity contribution in [3.05, 3.63) is 64.9 Å². The van der Waals surface area contributed by atoms with E-state index in [1.807, 2.05) is 20.8 Å². The first-order valence-corrected chi connectivity index (χ1v) is 13.3. The summed E-state index contributed by atoms with van der Waals surface area (Å²) in [6, 6.07) is 3.31. The molecule has 2 aliphatic rings.